The first kappa shape index (κ1) is 16.7. The molecule has 0 bridgehead atoms. The molecule has 0 aliphatic carbocycles. The number of likely N-dealkylation sites (N-methyl/N-ethyl adjacent to an activating group) is 1. The molecule has 0 saturated carbocycles. The van der Waals surface area contributed by atoms with E-state index in [9.17, 15) is 4.79 Å². The minimum atomic E-state index is -0.0771. The number of aryl methyl sites for hydroxylation is 1. The zero-order valence-corrected chi connectivity index (χ0v) is 14.6. The molecule has 1 fully saturated rings. The quantitative estimate of drug-likeness (QED) is 0.835. The van der Waals surface area contributed by atoms with Gasteiger partial charge in [-0.15, -0.1) is 0 Å². The molecule has 3 rings (SSSR count). The molecule has 1 aliphatic rings. The molecule has 0 aromatic carbocycles. The van der Waals surface area contributed by atoms with Crippen LogP contribution >= 0.6 is 0 Å². The lowest BCUT2D eigenvalue weighted by atomic mass is 9.97. The van der Waals surface area contributed by atoms with Gasteiger partial charge < -0.3 is 18.9 Å². The van der Waals surface area contributed by atoms with Crippen LogP contribution in [0.25, 0.3) is 0 Å². The molecular formula is C17H25N5O2. The van der Waals surface area contributed by atoms with E-state index >= 15 is 0 Å². The molecule has 0 radical (unpaired) electrons. The summed E-state index contributed by atoms with van der Waals surface area (Å²) < 4.78 is 7.33. The van der Waals surface area contributed by atoms with E-state index in [2.05, 4.69) is 33.7 Å². The van der Waals surface area contributed by atoms with Crippen LogP contribution in [0.4, 0.5) is 0 Å². The van der Waals surface area contributed by atoms with Gasteiger partial charge in [-0.1, -0.05) is 5.16 Å². The van der Waals surface area contributed by atoms with E-state index in [0.29, 0.717) is 12.3 Å². The van der Waals surface area contributed by atoms with Gasteiger partial charge in [0.2, 0.25) is 5.76 Å². The highest BCUT2D eigenvalue weighted by Crippen LogP contribution is 2.27. The van der Waals surface area contributed by atoms with E-state index in [1.807, 2.05) is 24.2 Å². The Labute approximate surface area is 142 Å². The first-order valence-corrected chi connectivity index (χ1v) is 8.43. The lowest BCUT2D eigenvalue weighted by Crippen LogP contribution is -2.39. The van der Waals surface area contributed by atoms with Gasteiger partial charge in [-0.25, -0.2) is 4.98 Å². The average Bonchev–Trinajstić information content (AvgIpc) is 3.21. The zero-order valence-electron chi connectivity index (χ0n) is 14.6. The molecule has 0 spiro atoms. The Kier molecular flexibility index (Phi) is 4.99. The van der Waals surface area contributed by atoms with Crippen molar-refractivity contribution in [2.45, 2.75) is 32.2 Å². The van der Waals surface area contributed by atoms with Crippen LogP contribution in [0, 0.1) is 6.92 Å². The van der Waals surface area contributed by atoms with Gasteiger partial charge in [0.15, 0.2) is 0 Å². The van der Waals surface area contributed by atoms with Gasteiger partial charge in [0.25, 0.3) is 5.91 Å². The molecule has 7 nitrogen and oxygen atoms in total. The number of aromatic nitrogens is 3. The first-order valence-electron chi connectivity index (χ1n) is 8.43. The number of rotatable bonds is 5. The van der Waals surface area contributed by atoms with Crippen LogP contribution < -0.4 is 0 Å². The fourth-order valence-electron chi connectivity index (χ4n) is 3.17. The highest BCUT2D eigenvalue weighted by Gasteiger charge is 2.29. The lowest BCUT2D eigenvalue weighted by molar-refractivity contribution is 0.0661. The number of piperidine rings is 1. The second-order valence-electron chi connectivity index (χ2n) is 6.70. The Bertz CT molecular complexity index is 691. The van der Waals surface area contributed by atoms with Gasteiger partial charge >= 0.3 is 0 Å². The van der Waals surface area contributed by atoms with E-state index in [0.717, 1.165) is 44.0 Å². The smallest absolute Gasteiger partial charge is 0.292 e. The van der Waals surface area contributed by atoms with Crippen LogP contribution in [0.2, 0.25) is 0 Å². The Hall–Kier alpha value is -2.15. The molecule has 0 unspecified atom stereocenters. The number of hydrogen-bond donors (Lipinski definition) is 0. The van der Waals surface area contributed by atoms with Crippen molar-refractivity contribution in [3.8, 4) is 0 Å². The van der Waals surface area contributed by atoms with Crippen LogP contribution in [-0.2, 0) is 6.54 Å². The van der Waals surface area contributed by atoms with E-state index in [-0.39, 0.29) is 11.8 Å². The largest absolute Gasteiger partial charge is 0.351 e. The average molecular weight is 331 g/mol. The molecule has 7 heteroatoms. The van der Waals surface area contributed by atoms with Crippen LogP contribution in [-0.4, -0.2) is 64.1 Å². The molecule has 1 amide bonds. The summed E-state index contributed by atoms with van der Waals surface area (Å²) in [5.41, 5.74) is 0.728. The third-order valence-electron chi connectivity index (χ3n) is 4.45. The van der Waals surface area contributed by atoms with Crippen LogP contribution in [0.5, 0.6) is 0 Å². The predicted octanol–water partition coefficient (Wildman–Crippen LogP) is 1.76. The maximum absolute atomic E-state index is 12.6. The molecule has 1 atom stereocenters. The first-order chi connectivity index (χ1) is 11.5. The number of carbonyl (C=O) groups excluding carboxylic acids is 1. The van der Waals surface area contributed by atoms with E-state index < -0.39 is 0 Å². The van der Waals surface area contributed by atoms with Crippen LogP contribution in [0.3, 0.4) is 0 Å². The Balaban J connectivity index is 1.70. The normalized spacial score (nSPS) is 18.3. The van der Waals surface area contributed by atoms with Gasteiger partial charge in [-0.2, -0.15) is 0 Å². The standard InChI is InChI=1S/C17H25N5O2/c1-13-11-15(24-19-13)17(23)22-7-4-5-14(12-22)16-18-6-8-21(16)10-9-20(2)3/h6,8,11,14H,4-5,7,9-10,12H2,1-3H3/t14-/m0/s1. The molecule has 3 heterocycles. The van der Waals surface area contributed by atoms with Crippen molar-refractivity contribution in [2.75, 3.05) is 33.7 Å². The summed E-state index contributed by atoms with van der Waals surface area (Å²) in [6.07, 6.45) is 5.91. The zero-order chi connectivity index (χ0) is 17.1. The molecule has 130 valence electrons. The van der Waals surface area contributed by atoms with Crippen LogP contribution in [0.15, 0.2) is 23.0 Å². The van der Waals surface area contributed by atoms with Gasteiger partial charge in [0.05, 0.1) is 5.69 Å². The van der Waals surface area contributed by atoms with E-state index in [4.69, 9.17) is 4.52 Å². The summed E-state index contributed by atoms with van der Waals surface area (Å²) >= 11 is 0. The lowest BCUT2D eigenvalue weighted by Gasteiger charge is -2.32. The number of carbonyl (C=O) groups is 1. The number of hydrogen-bond acceptors (Lipinski definition) is 5. The minimum Gasteiger partial charge on any atom is -0.351 e. The second-order valence-corrected chi connectivity index (χ2v) is 6.70. The fourth-order valence-corrected chi connectivity index (χ4v) is 3.17. The minimum absolute atomic E-state index is 0.0771. The van der Waals surface area contributed by atoms with Crippen molar-refractivity contribution >= 4 is 5.91 Å². The second kappa shape index (κ2) is 7.17. The number of imidazole rings is 1. The third kappa shape index (κ3) is 3.67. The van der Waals surface area contributed by atoms with Crippen molar-refractivity contribution in [1.82, 2.24) is 24.5 Å². The summed E-state index contributed by atoms with van der Waals surface area (Å²) in [6, 6.07) is 1.70. The molecular weight excluding hydrogens is 306 g/mol. The number of amides is 1. The molecule has 2 aromatic rings. The topological polar surface area (TPSA) is 67.4 Å². The van der Waals surface area contributed by atoms with Gasteiger partial charge in [-0.05, 0) is 33.9 Å². The molecule has 0 N–H and O–H groups in total. The summed E-state index contributed by atoms with van der Waals surface area (Å²) in [5.74, 6) is 1.59. The third-order valence-corrected chi connectivity index (χ3v) is 4.45. The molecule has 1 aliphatic heterocycles. The molecule has 2 aromatic heterocycles. The molecule has 1 saturated heterocycles. The van der Waals surface area contributed by atoms with Gasteiger partial charge in [0.1, 0.15) is 5.82 Å². The van der Waals surface area contributed by atoms with Crippen molar-refractivity contribution in [3.05, 3.63) is 35.7 Å². The number of likely N-dealkylation sites (tertiary alicyclic amines) is 1. The predicted molar refractivity (Wildman–Crippen MR) is 89.9 cm³/mol. The highest BCUT2D eigenvalue weighted by atomic mass is 16.5. The van der Waals surface area contributed by atoms with E-state index in [1.165, 1.54) is 0 Å². The van der Waals surface area contributed by atoms with E-state index in [1.54, 1.807) is 6.07 Å². The monoisotopic (exact) mass is 331 g/mol. The van der Waals surface area contributed by atoms with Crippen molar-refractivity contribution in [1.29, 1.82) is 0 Å². The fraction of sp³-hybridized carbons (Fsp3) is 0.588. The van der Waals surface area contributed by atoms with Crippen LogP contribution in [0.1, 0.15) is 40.8 Å². The van der Waals surface area contributed by atoms with Crippen molar-refractivity contribution < 1.29 is 9.32 Å². The Morgan fingerprint density at radius 2 is 2.29 bits per heavy atom. The summed E-state index contributed by atoms with van der Waals surface area (Å²) in [7, 11) is 4.13. The Morgan fingerprint density at radius 1 is 1.46 bits per heavy atom. The van der Waals surface area contributed by atoms with Crippen molar-refractivity contribution in [2.24, 2.45) is 0 Å². The highest BCUT2D eigenvalue weighted by molar-refractivity contribution is 5.91. The summed E-state index contributed by atoms with van der Waals surface area (Å²) in [6.45, 7) is 5.13. The summed E-state index contributed by atoms with van der Waals surface area (Å²) in [4.78, 5) is 21.2. The maximum atomic E-state index is 12.6. The van der Waals surface area contributed by atoms with Gasteiger partial charge in [-0.3, -0.25) is 4.79 Å². The molecule has 24 heavy (non-hydrogen) atoms. The summed E-state index contributed by atoms with van der Waals surface area (Å²) in [5, 5.41) is 3.81. The Morgan fingerprint density at radius 3 is 3.00 bits per heavy atom. The SMILES string of the molecule is Cc1cc(C(=O)N2CCC[C@H](c3nccn3CCN(C)C)C2)on1. The van der Waals surface area contributed by atoms with Crippen molar-refractivity contribution in [3.63, 3.8) is 0 Å². The van der Waals surface area contributed by atoms with Gasteiger partial charge in [0, 0.05) is 50.6 Å². The number of nitrogens with zero attached hydrogens (tertiary/aromatic N) is 5. The maximum Gasteiger partial charge on any atom is 0.292 e.